The summed E-state index contributed by atoms with van der Waals surface area (Å²) in [6, 6.07) is 10.6. The Morgan fingerprint density at radius 2 is 1.96 bits per heavy atom. The van der Waals surface area contributed by atoms with E-state index in [1.165, 1.54) is 23.8 Å². The number of nitrogens with one attached hydrogen (secondary N) is 1. The van der Waals surface area contributed by atoms with E-state index in [0.717, 1.165) is 24.5 Å². The maximum Gasteiger partial charge on any atom is 0.244 e. The average molecular weight is 311 g/mol. The summed E-state index contributed by atoms with van der Waals surface area (Å²) in [7, 11) is 0. The van der Waals surface area contributed by atoms with Gasteiger partial charge in [0.1, 0.15) is 5.82 Å². The molecule has 4 nitrogen and oxygen atoms in total. The van der Waals surface area contributed by atoms with Gasteiger partial charge in [0.05, 0.1) is 17.4 Å². The first kappa shape index (κ1) is 15.1. The first-order valence-corrected chi connectivity index (χ1v) is 7.45. The minimum Gasteiger partial charge on any atom is -0.397 e. The van der Waals surface area contributed by atoms with Crippen LogP contribution in [0.5, 0.6) is 0 Å². The Morgan fingerprint density at radius 1 is 1.22 bits per heavy atom. The van der Waals surface area contributed by atoms with Crippen molar-refractivity contribution in [2.45, 2.75) is 18.9 Å². The van der Waals surface area contributed by atoms with E-state index >= 15 is 0 Å². The Hall–Kier alpha value is -2.82. The van der Waals surface area contributed by atoms with Gasteiger partial charge in [0.15, 0.2) is 0 Å². The number of aryl methyl sites for hydroxylation is 1. The number of benzene rings is 2. The number of hydrogen-bond acceptors (Lipinski definition) is 3. The van der Waals surface area contributed by atoms with Gasteiger partial charge in [-0.3, -0.25) is 4.79 Å². The van der Waals surface area contributed by atoms with E-state index in [1.807, 2.05) is 18.2 Å². The SMILES string of the molecule is Nc1cc(F)c(/C=C/C(=O)NC2CCc3ccccc32)cc1N. The number of rotatable bonds is 3. The molecule has 3 rings (SSSR count). The van der Waals surface area contributed by atoms with E-state index in [2.05, 4.69) is 11.4 Å². The molecule has 118 valence electrons. The lowest BCUT2D eigenvalue weighted by Crippen LogP contribution is -2.25. The highest BCUT2D eigenvalue weighted by Gasteiger charge is 2.22. The van der Waals surface area contributed by atoms with Crippen LogP contribution in [-0.2, 0) is 11.2 Å². The summed E-state index contributed by atoms with van der Waals surface area (Å²) < 4.78 is 13.8. The van der Waals surface area contributed by atoms with Crippen molar-refractivity contribution in [3.63, 3.8) is 0 Å². The molecule has 5 heteroatoms. The van der Waals surface area contributed by atoms with Crippen LogP contribution in [0.3, 0.4) is 0 Å². The van der Waals surface area contributed by atoms with Crippen LogP contribution < -0.4 is 16.8 Å². The van der Waals surface area contributed by atoms with E-state index in [1.54, 1.807) is 0 Å². The smallest absolute Gasteiger partial charge is 0.244 e. The van der Waals surface area contributed by atoms with Crippen molar-refractivity contribution in [1.29, 1.82) is 0 Å². The molecule has 0 fully saturated rings. The highest BCUT2D eigenvalue weighted by atomic mass is 19.1. The topological polar surface area (TPSA) is 81.1 Å². The van der Waals surface area contributed by atoms with Crippen molar-refractivity contribution in [2.75, 3.05) is 11.5 Å². The second kappa shape index (κ2) is 6.12. The molecule has 0 bridgehead atoms. The van der Waals surface area contributed by atoms with Gasteiger partial charge in [0.2, 0.25) is 5.91 Å². The van der Waals surface area contributed by atoms with Gasteiger partial charge < -0.3 is 16.8 Å². The fraction of sp³-hybridized carbons (Fsp3) is 0.167. The highest BCUT2D eigenvalue weighted by Crippen LogP contribution is 2.30. The zero-order chi connectivity index (χ0) is 16.4. The molecule has 1 atom stereocenters. The van der Waals surface area contributed by atoms with Crippen LogP contribution in [0, 0.1) is 5.82 Å². The molecule has 0 radical (unpaired) electrons. The van der Waals surface area contributed by atoms with Gasteiger partial charge in [-0.15, -0.1) is 0 Å². The Kier molecular flexibility index (Phi) is 4.02. The highest BCUT2D eigenvalue weighted by molar-refractivity contribution is 5.92. The number of anilines is 2. The van der Waals surface area contributed by atoms with Crippen LogP contribution in [0.1, 0.15) is 29.2 Å². The molecule has 1 amide bonds. The Bertz CT molecular complexity index is 786. The fourth-order valence-electron chi connectivity index (χ4n) is 2.84. The molecule has 1 aliphatic carbocycles. The second-order valence-electron chi connectivity index (χ2n) is 5.63. The number of carbonyl (C=O) groups excluding carboxylic acids is 1. The van der Waals surface area contributed by atoms with Crippen molar-refractivity contribution in [3.8, 4) is 0 Å². The molecule has 0 spiro atoms. The lowest BCUT2D eigenvalue weighted by Gasteiger charge is -2.12. The molecule has 0 aromatic heterocycles. The number of hydrogen-bond donors (Lipinski definition) is 3. The Labute approximate surface area is 134 Å². The lowest BCUT2D eigenvalue weighted by atomic mass is 10.1. The Balaban J connectivity index is 1.70. The fourth-order valence-corrected chi connectivity index (χ4v) is 2.84. The molecule has 0 saturated carbocycles. The van der Waals surface area contributed by atoms with Gasteiger partial charge in [0, 0.05) is 11.6 Å². The third kappa shape index (κ3) is 3.18. The number of carbonyl (C=O) groups is 1. The van der Waals surface area contributed by atoms with Crippen molar-refractivity contribution in [1.82, 2.24) is 5.32 Å². The minimum absolute atomic E-state index is 0.00434. The summed E-state index contributed by atoms with van der Waals surface area (Å²) in [5.74, 6) is -0.770. The standard InChI is InChI=1S/C18H18FN3O/c19-14-10-16(21)15(20)9-12(14)6-8-18(23)22-17-7-5-11-3-1-2-4-13(11)17/h1-4,6,8-10,17H,5,7,20-21H2,(H,22,23)/b8-6+. The van der Waals surface area contributed by atoms with Gasteiger partial charge >= 0.3 is 0 Å². The number of nitrogen functional groups attached to an aromatic ring is 2. The third-order valence-electron chi connectivity index (χ3n) is 4.07. The molecule has 0 heterocycles. The van der Waals surface area contributed by atoms with Gasteiger partial charge in [0.25, 0.3) is 0 Å². The molecule has 1 unspecified atom stereocenters. The molecule has 23 heavy (non-hydrogen) atoms. The van der Waals surface area contributed by atoms with Crippen LogP contribution in [0.4, 0.5) is 15.8 Å². The van der Waals surface area contributed by atoms with E-state index in [0.29, 0.717) is 0 Å². The monoisotopic (exact) mass is 311 g/mol. The number of amides is 1. The van der Waals surface area contributed by atoms with Crippen LogP contribution in [0.15, 0.2) is 42.5 Å². The molecular formula is C18H18FN3O. The maximum atomic E-state index is 13.8. The zero-order valence-corrected chi connectivity index (χ0v) is 12.6. The first-order valence-electron chi connectivity index (χ1n) is 7.45. The van der Waals surface area contributed by atoms with Gasteiger partial charge in [-0.05, 0) is 42.2 Å². The third-order valence-corrected chi connectivity index (χ3v) is 4.07. The van der Waals surface area contributed by atoms with E-state index < -0.39 is 5.82 Å². The predicted octanol–water partition coefficient (Wildman–Crippen LogP) is 2.81. The normalized spacial score (nSPS) is 16.5. The summed E-state index contributed by atoms with van der Waals surface area (Å²) in [6.45, 7) is 0. The quantitative estimate of drug-likeness (QED) is 0.602. The summed E-state index contributed by atoms with van der Waals surface area (Å²) in [5.41, 5.74) is 14.3. The van der Waals surface area contributed by atoms with Crippen molar-refractivity contribution < 1.29 is 9.18 Å². The first-order chi connectivity index (χ1) is 11.0. The van der Waals surface area contributed by atoms with Crippen molar-refractivity contribution >= 4 is 23.4 Å². The molecular weight excluding hydrogens is 293 g/mol. The van der Waals surface area contributed by atoms with E-state index in [4.69, 9.17) is 11.5 Å². The van der Waals surface area contributed by atoms with Crippen LogP contribution >= 0.6 is 0 Å². The summed E-state index contributed by atoms with van der Waals surface area (Å²) in [6.07, 6.45) is 4.55. The summed E-state index contributed by atoms with van der Waals surface area (Å²) in [4.78, 5) is 12.1. The Morgan fingerprint density at radius 3 is 2.78 bits per heavy atom. The average Bonchev–Trinajstić information content (AvgIpc) is 2.93. The lowest BCUT2D eigenvalue weighted by molar-refractivity contribution is -0.117. The van der Waals surface area contributed by atoms with Gasteiger partial charge in [-0.2, -0.15) is 0 Å². The van der Waals surface area contributed by atoms with Crippen molar-refractivity contribution in [3.05, 3.63) is 65.0 Å². The minimum atomic E-state index is -0.507. The number of fused-ring (bicyclic) bond motifs is 1. The van der Waals surface area contributed by atoms with Gasteiger partial charge in [-0.1, -0.05) is 24.3 Å². The van der Waals surface area contributed by atoms with Crippen LogP contribution in [0.2, 0.25) is 0 Å². The second-order valence-corrected chi connectivity index (χ2v) is 5.63. The molecule has 1 aliphatic rings. The van der Waals surface area contributed by atoms with Crippen LogP contribution in [0.25, 0.3) is 6.08 Å². The molecule has 2 aromatic rings. The van der Waals surface area contributed by atoms with E-state index in [-0.39, 0.29) is 28.9 Å². The predicted molar refractivity (Wildman–Crippen MR) is 89.9 cm³/mol. The molecule has 2 aromatic carbocycles. The summed E-state index contributed by atoms with van der Waals surface area (Å²) >= 11 is 0. The van der Waals surface area contributed by atoms with Gasteiger partial charge in [-0.25, -0.2) is 4.39 Å². The largest absolute Gasteiger partial charge is 0.397 e. The van der Waals surface area contributed by atoms with Crippen LogP contribution in [-0.4, -0.2) is 5.91 Å². The molecule has 0 aliphatic heterocycles. The van der Waals surface area contributed by atoms with E-state index in [9.17, 15) is 9.18 Å². The zero-order valence-electron chi connectivity index (χ0n) is 12.6. The molecule has 0 saturated heterocycles. The van der Waals surface area contributed by atoms with Crippen molar-refractivity contribution in [2.24, 2.45) is 0 Å². The summed E-state index contributed by atoms with van der Waals surface area (Å²) in [5, 5.41) is 2.95. The maximum absolute atomic E-state index is 13.8. The molecule has 5 N–H and O–H groups in total. The number of halogens is 1. The number of nitrogens with two attached hydrogens (primary N) is 2.